The Bertz CT molecular complexity index is 1070. The van der Waals surface area contributed by atoms with E-state index in [4.69, 9.17) is 15.0 Å². The Morgan fingerprint density at radius 1 is 1.16 bits per heavy atom. The predicted molar refractivity (Wildman–Crippen MR) is 108 cm³/mol. The van der Waals surface area contributed by atoms with Crippen molar-refractivity contribution in [2.45, 2.75) is 23.9 Å². The molecule has 1 aliphatic heterocycles. The molecule has 0 spiro atoms. The van der Waals surface area contributed by atoms with Crippen molar-refractivity contribution in [1.29, 1.82) is 0 Å². The molecular formula is C19H17F3N4O4S. The summed E-state index contributed by atoms with van der Waals surface area (Å²) in [5.74, 6) is -1.90. The van der Waals surface area contributed by atoms with Gasteiger partial charge in [-0.3, -0.25) is 4.79 Å². The van der Waals surface area contributed by atoms with Crippen LogP contribution in [0.1, 0.15) is 6.42 Å². The van der Waals surface area contributed by atoms with Crippen LogP contribution in [0.3, 0.4) is 0 Å². The molecule has 31 heavy (non-hydrogen) atoms. The number of carboxylic acids is 2. The summed E-state index contributed by atoms with van der Waals surface area (Å²) in [4.78, 5) is 24.7. The minimum atomic E-state index is -5.08. The van der Waals surface area contributed by atoms with Gasteiger partial charge in [-0.05, 0) is 6.42 Å². The molecule has 0 saturated carbocycles. The molecule has 0 radical (unpaired) electrons. The maximum Gasteiger partial charge on any atom is 0.490 e. The highest BCUT2D eigenvalue weighted by atomic mass is 32.2. The average molecular weight is 454 g/mol. The van der Waals surface area contributed by atoms with Gasteiger partial charge in [-0.15, -0.1) is 11.8 Å². The van der Waals surface area contributed by atoms with Gasteiger partial charge in [0.05, 0.1) is 11.9 Å². The summed E-state index contributed by atoms with van der Waals surface area (Å²) < 4.78 is 33.5. The van der Waals surface area contributed by atoms with E-state index in [1.165, 1.54) is 11.8 Å². The van der Waals surface area contributed by atoms with Crippen LogP contribution >= 0.6 is 11.8 Å². The number of fused-ring (bicyclic) bond motifs is 1. The molecule has 1 saturated heterocycles. The molecule has 1 aliphatic rings. The Balaban J connectivity index is 0.000000339. The lowest BCUT2D eigenvalue weighted by atomic mass is 10.1. The molecule has 164 valence electrons. The third-order valence-corrected chi connectivity index (χ3v) is 5.69. The normalized spacial score (nSPS) is 18.3. The quantitative estimate of drug-likeness (QED) is 0.549. The average Bonchev–Trinajstić information content (AvgIpc) is 3.38. The van der Waals surface area contributed by atoms with E-state index in [2.05, 4.69) is 15.4 Å². The number of thioether (sulfide) groups is 1. The topological polar surface area (TPSA) is 117 Å². The number of rotatable bonds is 4. The molecule has 0 aliphatic carbocycles. The summed E-state index contributed by atoms with van der Waals surface area (Å²) in [5, 5.41) is 23.7. The Kier molecular flexibility index (Phi) is 6.68. The molecule has 2 aromatic heterocycles. The van der Waals surface area contributed by atoms with Gasteiger partial charge in [-0.1, -0.05) is 30.3 Å². The van der Waals surface area contributed by atoms with Crippen molar-refractivity contribution >= 4 is 35.2 Å². The second-order valence-corrected chi connectivity index (χ2v) is 7.77. The minimum absolute atomic E-state index is 0.106. The van der Waals surface area contributed by atoms with Crippen LogP contribution in [0.2, 0.25) is 0 Å². The molecule has 12 heteroatoms. The fraction of sp³-hybridized carbons (Fsp3) is 0.263. The maximum atomic E-state index is 11.1. The lowest BCUT2D eigenvalue weighted by Crippen LogP contribution is -2.23. The first-order chi connectivity index (χ1) is 14.6. The van der Waals surface area contributed by atoms with Crippen molar-refractivity contribution in [3.63, 3.8) is 0 Å². The number of aromatic nitrogens is 3. The molecule has 3 heterocycles. The van der Waals surface area contributed by atoms with Crippen LogP contribution in [0.5, 0.6) is 0 Å². The van der Waals surface area contributed by atoms with Gasteiger partial charge >= 0.3 is 18.1 Å². The molecule has 0 unspecified atom stereocenters. The molecular weight excluding hydrogens is 437 g/mol. The molecule has 3 aromatic rings. The van der Waals surface area contributed by atoms with E-state index in [9.17, 15) is 18.0 Å². The van der Waals surface area contributed by atoms with E-state index in [1.807, 2.05) is 42.5 Å². The van der Waals surface area contributed by atoms with Crippen molar-refractivity contribution < 1.29 is 33.0 Å². The number of anilines is 1. The van der Waals surface area contributed by atoms with Gasteiger partial charge in [0.15, 0.2) is 5.65 Å². The van der Waals surface area contributed by atoms with Crippen LogP contribution in [-0.2, 0) is 9.59 Å². The third kappa shape index (κ3) is 5.66. The van der Waals surface area contributed by atoms with Gasteiger partial charge in [0.25, 0.3) is 0 Å². The predicted octanol–water partition coefficient (Wildman–Crippen LogP) is 3.40. The fourth-order valence-electron chi connectivity index (χ4n) is 2.88. The number of hydrogen-bond donors (Lipinski definition) is 3. The van der Waals surface area contributed by atoms with E-state index in [-0.39, 0.29) is 11.3 Å². The lowest BCUT2D eigenvalue weighted by molar-refractivity contribution is -0.192. The van der Waals surface area contributed by atoms with Crippen LogP contribution in [-0.4, -0.2) is 60.0 Å². The van der Waals surface area contributed by atoms with Crippen molar-refractivity contribution in [3.8, 4) is 11.3 Å². The SMILES string of the molecule is O=C(O)C(F)(F)F.O=C(O)[C@@H]1C[C@H](Nc2cc(-c3ccccc3)nc3ccnn23)CS1. The number of nitrogens with one attached hydrogen (secondary N) is 1. The smallest absolute Gasteiger partial charge is 0.480 e. The number of aliphatic carboxylic acids is 2. The highest BCUT2D eigenvalue weighted by molar-refractivity contribution is 8.00. The number of benzene rings is 1. The number of carboxylic acid groups (broad SMARTS) is 2. The van der Waals surface area contributed by atoms with Crippen molar-refractivity contribution in [2.75, 3.05) is 11.1 Å². The van der Waals surface area contributed by atoms with Gasteiger partial charge in [0.2, 0.25) is 0 Å². The van der Waals surface area contributed by atoms with Crippen molar-refractivity contribution in [1.82, 2.24) is 14.6 Å². The lowest BCUT2D eigenvalue weighted by Gasteiger charge is -2.15. The zero-order chi connectivity index (χ0) is 22.6. The molecule has 1 aromatic carbocycles. The van der Waals surface area contributed by atoms with E-state index >= 15 is 0 Å². The van der Waals surface area contributed by atoms with E-state index in [1.54, 1.807) is 10.7 Å². The van der Waals surface area contributed by atoms with Gasteiger partial charge in [-0.25, -0.2) is 9.78 Å². The van der Waals surface area contributed by atoms with Gasteiger partial charge in [0, 0.05) is 29.5 Å². The van der Waals surface area contributed by atoms with Crippen molar-refractivity contribution in [3.05, 3.63) is 48.7 Å². The summed E-state index contributed by atoms with van der Waals surface area (Å²) in [6, 6.07) is 13.9. The largest absolute Gasteiger partial charge is 0.490 e. The van der Waals surface area contributed by atoms with E-state index in [0.717, 1.165) is 28.5 Å². The molecule has 3 N–H and O–H groups in total. The summed E-state index contributed by atoms with van der Waals surface area (Å²) in [6.45, 7) is 0. The van der Waals surface area contributed by atoms with Crippen LogP contribution in [0.15, 0.2) is 48.7 Å². The van der Waals surface area contributed by atoms with E-state index < -0.39 is 18.1 Å². The molecule has 2 atom stereocenters. The first-order valence-electron chi connectivity index (χ1n) is 8.96. The van der Waals surface area contributed by atoms with Crippen LogP contribution < -0.4 is 5.32 Å². The Labute approximate surface area is 178 Å². The Morgan fingerprint density at radius 2 is 1.84 bits per heavy atom. The molecule has 0 amide bonds. The number of carbonyl (C=O) groups is 2. The molecule has 8 nitrogen and oxygen atoms in total. The van der Waals surface area contributed by atoms with Crippen LogP contribution in [0.4, 0.5) is 19.0 Å². The summed E-state index contributed by atoms with van der Waals surface area (Å²) in [6.07, 6.45) is -2.77. The number of alkyl halides is 3. The zero-order valence-electron chi connectivity index (χ0n) is 15.8. The van der Waals surface area contributed by atoms with Crippen LogP contribution in [0, 0.1) is 0 Å². The highest BCUT2D eigenvalue weighted by Gasteiger charge is 2.38. The molecule has 4 rings (SSSR count). The second kappa shape index (κ2) is 9.25. The monoisotopic (exact) mass is 454 g/mol. The van der Waals surface area contributed by atoms with Gasteiger partial charge in [-0.2, -0.15) is 22.8 Å². The number of nitrogens with zero attached hydrogens (tertiary/aromatic N) is 3. The second-order valence-electron chi connectivity index (χ2n) is 6.53. The standard InChI is InChI=1S/C17H16N4O2S.C2HF3O2/c22-17(23)14-8-12(10-24-14)19-16-9-13(11-4-2-1-3-5-11)20-15-6-7-18-21(15)16;3-2(4,5)1(6)7/h1-7,9,12,14,19H,8,10H2,(H,22,23);(H,6,7)/t12-,14-;/m0./s1. The first kappa shape index (κ1) is 22.4. The highest BCUT2D eigenvalue weighted by Crippen LogP contribution is 2.30. The molecule has 1 fully saturated rings. The van der Waals surface area contributed by atoms with E-state index in [0.29, 0.717) is 6.42 Å². The third-order valence-electron chi connectivity index (χ3n) is 4.30. The fourth-order valence-corrected chi connectivity index (χ4v) is 4.08. The molecule has 0 bridgehead atoms. The summed E-state index contributed by atoms with van der Waals surface area (Å²) >= 11 is 1.48. The summed E-state index contributed by atoms with van der Waals surface area (Å²) in [7, 11) is 0. The first-order valence-corrected chi connectivity index (χ1v) is 10.0. The van der Waals surface area contributed by atoms with Crippen LogP contribution in [0.25, 0.3) is 16.9 Å². The Morgan fingerprint density at radius 3 is 2.42 bits per heavy atom. The number of hydrogen-bond acceptors (Lipinski definition) is 6. The summed E-state index contributed by atoms with van der Waals surface area (Å²) in [5.41, 5.74) is 2.67. The zero-order valence-corrected chi connectivity index (χ0v) is 16.6. The van der Waals surface area contributed by atoms with Gasteiger partial charge < -0.3 is 15.5 Å². The maximum absolute atomic E-state index is 11.1. The minimum Gasteiger partial charge on any atom is -0.480 e. The Hall–Kier alpha value is -3.28. The van der Waals surface area contributed by atoms with Gasteiger partial charge in [0.1, 0.15) is 11.1 Å². The van der Waals surface area contributed by atoms with Crippen molar-refractivity contribution in [2.24, 2.45) is 0 Å². The number of halogens is 3.